The zero-order chi connectivity index (χ0) is 13.2. The van der Waals surface area contributed by atoms with Crippen molar-refractivity contribution in [1.29, 1.82) is 0 Å². The molecule has 0 aliphatic heterocycles. The zero-order valence-electron chi connectivity index (χ0n) is 11.6. The van der Waals surface area contributed by atoms with Crippen LogP contribution < -0.4 is 5.32 Å². The van der Waals surface area contributed by atoms with E-state index in [9.17, 15) is 0 Å². The monoisotopic (exact) mass is 255 g/mol. The highest BCUT2D eigenvalue weighted by Crippen LogP contribution is 2.41. The van der Waals surface area contributed by atoms with Gasteiger partial charge in [-0.1, -0.05) is 30.3 Å². The fourth-order valence-corrected chi connectivity index (χ4v) is 2.73. The second-order valence-corrected chi connectivity index (χ2v) is 5.51. The van der Waals surface area contributed by atoms with Gasteiger partial charge < -0.3 is 9.88 Å². The lowest BCUT2D eigenvalue weighted by atomic mass is 10.0. The van der Waals surface area contributed by atoms with Crippen molar-refractivity contribution in [3.8, 4) is 0 Å². The maximum absolute atomic E-state index is 4.44. The van der Waals surface area contributed by atoms with E-state index in [1.54, 1.807) is 0 Å². The van der Waals surface area contributed by atoms with Crippen LogP contribution in [0.25, 0.3) is 0 Å². The Morgan fingerprint density at radius 1 is 1.26 bits per heavy atom. The Morgan fingerprint density at radius 2 is 2.00 bits per heavy atom. The minimum absolute atomic E-state index is 0.269. The fourth-order valence-electron chi connectivity index (χ4n) is 2.73. The summed E-state index contributed by atoms with van der Waals surface area (Å²) >= 11 is 0. The van der Waals surface area contributed by atoms with Crippen LogP contribution in [0.15, 0.2) is 42.7 Å². The lowest BCUT2D eigenvalue weighted by molar-refractivity contribution is 0.410. The maximum Gasteiger partial charge on any atom is 0.125 e. The van der Waals surface area contributed by atoms with Gasteiger partial charge in [0, 0.05) is 25.5 Å². The molecule has 0 spiro atoms. The van der Waals surface area contributed by atoms with E-state index >= 15 is 0 Å². The van der Waals surface area contributed by atoms with Gasteiger partial charge in [-0.3, -0.25) is 0 Å². The third-order valence-corrected chi connectivity index (χ3v) is 3.93. The van der Waals surface area contributed by atoms with Gasteiger partial charge in [0.1, 0.15) is 5.82 Å². The summed E-state index contributed by atoms with van der Waals surface area (Å²) < 4.78 is 2.09. The molecule has 2 atom stereocenters. The second-order valence-electron chi connectivity index (χ2n) is 5.51. The molecule has 1 aliphatic carbocycles. The van der Waals surface area contributed by atoms with Gasteiger partial charge in [0.25, 0.3) is 0 Å². The van der Waals surface area contributed by atoms with Gasteiger partial charge in [0.15, 0.2) is 0 Å². The average molecular weight is 255 g/mol. The summed E-state index contributed by atoms with van der Waals surface area (Å²) in [5.41, 5.74) is 1.39. The van der Waals surface area contributed by atoms with Crippen LogP contribution in [0.3, 0.4) is 0 Å². The number of aromatic nitrogens is 2. The molecule has 1 heterocycles. The van der Waals surface area contributed by atoms with Crippen molar-refractivity contribution in [1.82, 2.24) is 14.9 Å². The number of rotatable bonds is 5. The first-order valence-corrected chi connectivity index (χ1v) is 7.04. The largest absolute Gasteiger partial charge is 0.337 e. The number of hydrogen-bond donors (Lipinski definition) is 1. The van der Waals surface area contributed by atoms with E-state index < -0.39 is 0 Å². The van der Waals surface area contributed by atoms with E-state index in [1.165, 1.54) is 18.4 Å². The first kappa shape index (κ1) is 12.4. The normalized spacial score (nSPS) is 18.2. The molecule has 0 saturated heterocycles. The Labute approximate surface area is 114 Å². The second kappa shape index (κ2) is 5.17. The van der Waals surface area contributed by atoms with Crippen LogP contribution in [0, 0.1) is 5.92 Å². The van der Waals surface area contributed by atoms with E-state index in [4.69, 9.17) is 0 Å². The Kier molecular flexibility index (Phi) is 3.38. The zero-order valence-corrected chi connectivity index (χ0v) is 11.6. The summed E-state index contributed by atoms with van der Waals surface area (Å²) in [5.74, 6) is 1.88. The number of nitrogens with one attached hydrogen (secondary N) is 1. The minimum atomic E-state index is 0.269. The molecule has 3 rings (SSSR count). The molecule has 3 heteroatoms. The quantitative estimate of drug-likeness (QED) is 0.889. The third kappa shape index (κ3) is 2.71. The fraction of sp³-hybridized carbons (Fsp3) is 0.438. The molecule has 1 saturated carbocycles. The molecular weight excluding hydrogens is 234 g/mol. The molecule has 0 radical (unpaired) electrons. The predicted octanol–water partition coefficient (Wildman–Crippen LogP) is 3.22. The molecule has 0 amide bonds. The molecular formula is C16H21N3. The van der Waals surface area contributed by atoms with Gasteiger partial charge in [-0.15, -0.1) is 0 Å². The van der Waals surface area contributed by atoms with E-state index in [2.05, 4.69) is 59.2 Å². The van der Waals surface area contributed by atoms with Crippen LogP contribution in [0.5, 0.6) is 0 Å². The first-order valence-electron chi connectivity index (χ1n) is 7.04. The van der Waals surface area contributed by atoms with Crippen molar-refractivity contribution >= 4 is 0 Å². The third-order valence-electron chi connectivity index (χ3n) is 3.93. The first-order chi connectivity index (χ1) is 9.25. The SMILES string of the molecule is CC(NC(c1ccccc1)C1CC1)c1nccn1C. The predicted molar refractivity (Wildman–Crippen MR) is 76.7 cm³/mol. The van der Waals surface area contributed by atoms with Crippen molar-refractivity contribution in [2.45, 2.75) is 31.8 Å². The molecule has 2 aromatic rings. The summed E-state index contributed by atoms with van der Waals surface area (Å²) in [6, 6.07) is 11.5. The number of imidazole rings is 1. The highest BCUT2D eigenvalue weighted by Gasteiger charge is 2.33. The molecule has 1 aromatic carbocycles. The lowest BCUT2D eigenvalue weighted by Crippen LogP contribution is -2.27. The summed E-state index contributed by atoms with van der Waals surface area (Å²) in [6.07, 6.45) is 6.53. The number of nitrogens with zero attached hydrogens (tertiary/aromatic N) is 2. The van der Waals surface area contributed by atoms with Crippen LogP contribution in [0.1, 0.15) is 43.2 Å². The summed E-state index contributed by atoms with van der Waals surface area (Å²) in [5, 5.41) is 3.76. The number of aryl methyl sites for hydroxylation is 1. The van der Waals surface area contributed by atoms with E-state index in [0.717, 1.165) is 11.7 Å². The molecule has 3 nitrogen and oxygen atoms in total. The van der Waals surface area contributed by atoms with E-state index in [1.807, 2.05) is 12.4 Å². The van der Waals surface area contributed by atoms with Crippen LogP contribution in [0.4, 0.5) is 0 Å². The number of benzene rings is 1. The van der Waals surface area contributed by atoms with Crippen molar-refractivity contribution in [2.24, 2.45) is 13.0 Å². The topological polar surface area (TPSA) is 29.9 Å². The van der Waals surface area contributed by atoms with Gasteiger partial charge in [-0.25, -0.2) is 4.98 Å². The van der Waals surface area contributed by atoms with Crippen LogP contribution in [-0.2, 0) is 7.05 Å². The van der Waals surface area contributed by atoms with Crippen LogP contribution in [0.2, 0.25) is 0 Å². The van der Waals surface area contributed by atoms with Crippen molar-refractivity contribution in [3.63, 3.8) is 0 Å². The number of hydrogen-bond acceptors (Lipinski definition) is 2. The minimum Gasteiger partial charge on any atom is -0.337 e. The van der Waals surface area contributed by atoms with Gasteiger partial charge in [-0.05, 0) is 31.2 Å². The van der Waals surface area contributed by atoms with Gasteiger partial charge in [0.05, 0.1) is 6.04 Å². The molecule has 1 N–H and O–H groups in total. The standard InChI is InChI=1S/C16H21N3/c1-12(16-17-10-11-19(16)2)18-15(14-8-9-14)13-6-4-3-5-7-13/h3-7,10-12,14-15,18H,8-9H2,1-2H3. The molecule has 1 aliphatic rings. The molecule has 100 valence electrons. The summed E-state index contributed by atoms with van der Waals surface area (Å²) in [7, 11) is 2.05. The highest BCUT2D eigenvalue weighted by molar-refractivity contribution is 5.21. The summed E-state index contributed by atoms with van der Waals surface area (Å²) in [6.45, 7) is 2.20. The van der Waals surface area contributed by atoms with E-state index in [-0.39, 0.29) is 6.04 Å². The van der Waals surface area contributed by atoms with Gasteiger partial charge in [-0.2, -0.15) is 0 Å². The Bertz CT molecular complexity index is 528. The van der Waals surface area contributed by atoms with Crippen LogP contribution in [-0.4, -0.2) is 9.55 Å². The highest BCUT2D eigenvalue weighted by atomic mass is 15.1. The molecule has 19 heavy (non-hydrogen) atoms. The van der Waals surface area contributed by atoms with Crippen molar-refractivity contribution < 1.29 is 0 Å². The molecule has 2 unspecified atom stereocenters. The smallest absolute Gasteiger partial charge is 0.125 e. The lowest BCUT2D eigenvalue weighted by Gasteiger charge is -2.23. The van der Waals surface area contributed by atoms with Gasteiger partial charge in [0.2, 0.25) is 0 Å². The van der Waals surface area contributed by atoms with Crippen LogP contribution >= 0.6 is 0 Å². The average Bonchev–Trinajstić information content (AvgIpc) is 3.18. The molecule has 1 aromatic heterocycles. The Hall–Kier alpha value is -1.61. The molecule has 0 bridgehead atoms. The Morgan fingerprint density at radius 3 is 2.58 bits per heavy atom. The molecule has 1 fully saturated rings. The summed E-state index contributed by atoms with van der Waals surface area (Å²) in [4.78, 5) is 4.44. The van der Waals surface area contributed by atoms with Crippen molar-refractivity contribution in [2.75, 3.05) is 0 Å². The maximum atomic E-state index is 4.44. The Balaban J connectivity index is 1.77. The van der Waals surface area contributed by atoms with E-state index in [0.29, 0.717) is 6.04 Å². The van der Waals surface area contributed by atoms with Crippen molar-refractivity contribution in [3.05, 3.63) is 54.1 Å². The van der Waals surface area contributed by atoms with Gasteiger partial charge >= 0.3 is 0 Å².